The lowest BCUT2D eigenvalue weighted by Gasteiger charge is -2.30. The summed E-state index contributed by atoms with van der Waals surface area (Å²) >= 11 is 0. The minimum absolute atomic E-state index is 0.0681. The third-order valence-electron chi connectivity index (χ3n) is 4.09. The van der Waals surface area contributed by atoms with Gasteiger partial charge in [0, 0.05) is 26.1 Å². The van der Waals surface area contributed by atoms with Gasteiger partial charge in [-0.25, -0.2) is 4.68 Å². The van der Waals surface area contributed by atoms with Crippen LogP contribution < -0.4 is 4.74 Å². The van der Waals surface area contributed by atoms with E-state index in [1.54, 1.807) is 15.8 Å². The molecule has 3 rings (SSSR count). The number of hydrogen-bond donors (Lipinski definition) is 0. The molecule has 1 aromatic heterocycles. The highest BCUT2D eigenvalue weighted by molar-refractivity contribution is 5.96. The first kappa shape index (κ1) is 13.9. The molecule has 1 aromatic rings. The van der Waals surface area contributed by atoms with Gasteiger partial charge in [0.1, 0.15) is 5.56 Å². The molecule has 2 aliphatic rings. The number of aryl methyl sites for hydroxylation is 1. The van der Waals surface area contributed by atoms with E-state index in [0.717, 1.165) is 13.0 Å². The lowest BCUT2D eigenvalue weighted by atomic mass is 9.96. The first-order valence-electron chi connectivity index (χ1n) is 7.26. The minimum Gasteiger partial charge on any atom is -0.477 e. The molecule has 0 N–H and O–H groups in total. The zero-order valence-corrected chi connectivity index (χ0v) is 12.1. The van der Waals surface area contributed by atoms with Crippen LogP contribution in [0.4, 0.5) is 0 Å². The number of esters is 1. The molecule has 0 radical (unpaired) electrons. The number of piperidine rings is 1. The summed E-state index contributed by atoms with van der Waals surface area (Å²) in [6.07, 6.45) is 3.77. The summed E-state index contributed by atoms with van der Waals surface area (Å²) in [5, 5.41) is 4.20. The van der Waals surface area contributed by atoms with Crippen LogP contribution in [0.5, 0.6) is 5.88 Å². The van der Waals surface area contributed by atoms with E-state index in [1.807, 2.05) is 0 Å². The summed E-state index contributed by atoms with van der Waals surface area (Å²) in [7, 11) is 1.40. The van der Waals surface area contributed by atoms with Gasteiger partial charge in [0.15, 0.2) is 0 Å². The topological polar surface area (TPSA) is 73.7 Å². The third kappa shape index (κ3) is 2.59. The fraction of sp³-hybridized carbons (Fsp3) is 0.643. The largest absolute Gasteiger partial charge is 0.477 e. The SMILES string of the molecule is COC(=O)C1CCN(C(=O)c2cnn3c2OCCC3)CC1. The Kier molecular flexibility index (Phi) is 3.81. The molecule has 1 saturated heterocycles. The Labute approximate surface area is 122 Å². The molecule has 1 fully saturated rings. The number of fused-ring (bicyclic) bond motifs is 1. The van der Waals surface area contributed by atoms with Crippen LogP contribution in [-0.2, 0) is 16.1 Å². The lowest BCUT2D eigenvalue weighted by molar-refractivity contribution is -0.146. The fourth-order valence-electron chi connectivity index (χ4n) is 2.87. The number of nitrogens with zero attached hydrogens (tertiary/aromatic N) is 3. The van der Waals surface area contributed by atoms with Gasteiger partial charge in [0.05, 0.1) is 25.8 Å². The Morgan fingerprint density at radius 2 is 2.10 bits per heavy atom. The summed E-state index contributed by atoms with van der Waals surface area (Å²) in [4.78, 5) is 25.8. The molecule has 0 atom stereocenters. The predicted molar refractivity (Wildman–Crippen MR) is 73.0 cm³/mol. The average molecular weight is 293 g/mol. The third-order valence-corrected chi connectivity index (χ3v) is 4.09. The summed E-state index contributed by atoms with van der Waals surface area (Å²) in [6.45, 7) is 2.52. The normalized spacial score (nSPS) is 18.8. The first-order chi connectivity index (χ1) is 10.2. The molecule has 1 amide bonds. The van der Waals surface area contributed by atoms with Crippen LogP contribution in [0.15, 0.2) is 6.20 Å². The van der Waals surface area contributed by atoms with Crippen LogP contribution in [0.3, 0.4) is 0 Å². The van der Waals surface area contributed by atoms with Crippen molar-refractivity contribution in [2.75, 3.05) is 26.8 Å². The number of methoxy groups -OCH3 is 1. The maximum absolute atomic E-state index is 12.6. The van der Waals surface area contributed by atoms with Crippen LogP contribution in [-0.4, -0.2) is 53.4 Å². The van der Waals surface area contributed by atoms with E-state index in [-0.39, 0.29) is 17.8 Å². The summed E-state index contributed by atoms with van der Waals surface area (Å²) in [6, 6.07) is 0. The van der Waals surface area contributed by atoms with E-state index in [9.17, 15) is 9.59 Å². The Bertz CT molecular complexity index is 546. The molecule has 7 heteroatoms. The van der Waals surface area contributed by atoms with Gasteiger partial charge in [-0.1, -0.05) is 0 Å². The van der Waals surface area contributed by atoms with Gasteiger partial charge in [-0.05, 0) is 12.8 Å². The molecular weight excluding hydrogens is 274 g/mol. The summed E-state index contributed by atoms with van der Waals surface area (Å²) in [5.41, 5.74) is 0.520. The van der Waals surface area contributed by atoms with Crippen LogP contribution in [0.1, 0.15) is 29.6 Å². The molecule has 0 bridgehead atoms. The molecule has 2 aliphatic heterocycles. The maximum atomic E-state index is 12.6. The lowest BCUT2D eigenvalue weighted by Crippen LogP contribution is -2.40. The second kappa shape index (κ2) is 5.75. The van der Waals surface area contributed by atoms with E-state index in [1.165, 1.54) is 7.11 Å². The number of rotatable bonds is 2. The zero-order valence-electron chi connectivity index (χ0n) is 12.1. The van der Waals surface area contributed by atoms with E-state index >= 15 is 0 Å². The number of ether oxygens (including phenoxy) is 2. The van der Waals surface area contributed by atoms with Crippen molar-refractivity contribution in [1.29, 1.82) is 0 Å². The molecule has 114 valence electrons. The summed E-state index contributed by atoms with van der Waals surface area (Å²) < 4.78 is 12.1. The Balaban J connectivity index is 1.67. The highest BCUT2D eigenvalue weighted by atomic mass is 16.5. The van der Waals surface area contributed by atoms with Crippen LogP contribution in [0.2, 0.25) is 0 Å². The molecule has 7 nitrogen and oxygen atoms in total. The molecule has 0 spiro atoms. The van der Waals surface area contributed by atoms with E-state index in [4.69, 9.17) is 9.47 Å². The van der Waals surface area contributed by atoms with Crippen molar-refractivity contribution in [1.82, 2.24) is 14.7 Å². The van der Waals surface area contributed by atoms with Gasteiger partial charge >= 0.3 is 5.97 Å². The Morgan fingerprint density at radius 3 is 2.81 bits per heavy atom. The van der Waals surface area contributed by atoms with Gasteiger partial charge in [-0.3, -0.25) is 9.59 Å². The number of carbonyl (C=O) groups is 2. The van der Waals surface area contributed by atoms with Gasteiger partial charge in [0.2, 0.25) is 5.88 Å². The van der Waals surface area contributed by atoms with Crippen LogP contribution in [0.25, 0.3) is 0 Å². The van der Waals surface area contributed by atoms with Gasteiger partial charge in [0.25, 0.3) is 5.91 Å². The number of amides is 1. The van der Waals surface area contributed by atoms with Gasteiger partial charge in [-0.15, -0.1) is 0 Å². The molecular formula is C14H19N3O4. The molecule has 0 aromatic carbocycles. The van der Waals surface area contributed by atoms with Crippen molar-refractivity contribution in [3.8, 4) is 5.88 Å². The number of likely N-dealkylation sites (tertiary alicyclic amines) is 1. The number of hydrogen-bond acceptors (Lipinski definition) is 5. The minimum atomic E-state index is -0.187. The molecule has 0 aliphatic carbocycles. The molecule has 0 unspecified atom stereocenters. The van der Waals surface area contributed by atoms with E-state index in [0.29, 0.717) is 44.0 Å². The second-order valence-corrected chi connectivity index (χ2v) is 5.38. The molecule has 3 heterocycles. The van der Waals surface area contributed by atoms with Crippen molar-refractivity contribution in [2.24, 2.45) is 5.92 Å². The van der Waals surface area contributed by atoms with Crippen LogP contribution >= 0.6 is 0 Å². The van der Waals surface area contributed by atoms with Crippen molar-refractivity contribution in [3.05, 3.63) is 11.8 Å². The molecule has 21 heavy (non-hydrogen) atoms. The standard InChI is InChI=1S/C14H19N3O4/c1-20-14(19)10-3-6-16(7-4-10)12(18)11-9-15-17-5-2-8-21-13(11)17/h9-10H,2-8H2,1H3. The molecule has 0 saturated carbocycles. The zero-order chi connectivity index (χ0) is 14.8. The van der Waals surface area contributed by atoms with Gasteiger partial charge < -0.3 is 14.4 Å². The maximum Gasteiger partial charge on any atom is 0.308 e. The number of carbonyl (C=O) groups excluding carboxylic acids is 2. The Morgan fingerprint density at radius 1 is 1.33 bits per heavy atom. The van der Waals surface area contributed by atoms with Crippen molar-refractivity contribution < 1.29 is 19.1 Å². The average Bonchev–Trinajstić information content (AvgIpc) is 2.97. The quantitative estimate of drug-likeness (QED) is 0.750. The van der Waals surface area contributed by atoms with E-state index in [2.05, 4.69) is 5.10 Å². The van der Waals surface area contributed by atoms with E-state index < -0.39 is 0 Å². The van der Waals surface area contributed by atoms with Crippen LogP contribution in [0, 0.1) is 5.92 Å². The Hall–Kier alpha value is -2.05. The number of aromatic nitrogens is 2. The fourth-order valence-corrected chi connectivity index (χ4v) is 2.87. The van der Waals surface area contributed by atoms with Crippen molar-refractivity contribution in [2.45, 2.75) is 25.8 Å². The van der Waals surface area contributed by atoms with Crippen molar-refractivity contribution in [3.63, 3.8) is 0 Å². The van der Waals surface area contributed by atoms with Crippen molar-refractivity contribution >= 4 is 11.9 Å². The first-order valence-corrected chi connectivity index (χ1v) is 7.26. The second-order valence-electron chi connectivity index (χ2n) is 5.38. The highest BCUT2D eigenvalue weighted by Crippen LogP contribution is 2.26. The smallest absolute Gasteiger partial charge is 0.308 e. The highest BCUT2D eigenvalue weighted by Gasteiger charge is 2.31. The predicted octanol–water partition coefficient (Wildman–Crippen LogP) is 0.691. The van der Waals surface area contributed by atoms with Gasteiger partial charge in [-0.2, -0.15) is 5.10 Å². The monoisotopic (exact) mass is 293 g/mol. The summed E-state index contributed by atoms with van der Waals surface area (Å²) in [5.74, 6) is 0.215.